The molecule has 4 atom stereocenters. The molecule has 2 aliphatic heterocycles. The van der Waals surface area contributed by atoms with E-state index in [0.29, 0.717) is 30.3 Å². The van der Waals surface area contributed by atoms with Crippen molar-refractivity contribution in [2.75, 3.05) is 20.1 Å². The molecule has 0 amide bonds. The van der Waals surface area contributed by atoms with Crippen LogP contribution in [0.25, 0.3) is 0 Å². The zero-order valence-corrected chi connectivity index (χ0v) is 16.8. The Balaban J connectivity index is 1.33. The standard InChI is InChI=1S/C21H34N2O4/c1-21(2)26-19-15(12-17(20(19)27-21)23-8-4-5-9-23)13-22(3)16-10-14(11-16)6-7-18(24)25/h4,8,14-17,19-20H,5-7,9-13H2,1-3H3,(H,24,25)/t14-,15-,16+,17-,19-,20+/m1/s1. The van der Waals surface area contributed by atoms with Crippen molar-refractivity contribution < 1.29 is 19.4 Å². The fourth-order valence-corrected chi connectivity index (χ4v) is 5.49. The Labute approximate surface area is 162 Å². The molecule has 1 saturated heterocycles. The summed E-state index contributed by atoms with van der Waals surface area (Å²) in [6.45, 7) is 6.18. The van der Waals surface area contributed by atoms with Gasteiger partial charge in [-0.3, -0.25) is 4.79 Å². The summed E-state index contributed by atoms with van der Waals surface area (Å²) in [7, 11) is 2.22. The smallest absolute Gasteiger partial charge is 0.303 e. The van der Waals surface area contributed by atoms with E-state index >= 15 is 0 Å². The SMILES string of the molecule is CN(C[C@H]1C[C@@H](N2C=CCC2)[C@@H]2OC(C)(C)O[C@H]12)[C@H]1C[C@@H](CCC(=O)O)C1. The molecule has 152 valence electrons. The van der Waals surface area contributed by atoms with E-state index in [2.05, 4.69) is 29.1 Å². The Morgan fingerprint density at radius 2 is 2.00 bits per heavy atom. The first-order chi connectivity index (χ1) is 12.8. The molecule has 0 aromatic rings. The molecule has 1 N–H and O–H groups in total. The second kappa shape index (κ2) is 7.37. The topological polar surface area (TPSA) is 62.2 Å². The quantitative estimate of drug-likeness (QED) is 0.735. The molecular weight excluding hydrogens is 344 g/mol. The number of aliphatic carboxylic acids is 1. The fourth-order valence-electron chi connectivity index (χ4n) is 5.49. The first-order valence-electron chi connectivity index (χ1n) is 10.5. The van der Waals surface area contributed by atoms with Gasteiger partial charge in [-0.15, -0.1) is 0 Å². The second-order valence-electron chi connectivity index (χ2n) is 9.40. The van der Waals surface area contributed by atoms with Gasteiger partial charge in [0.05, 0.1) is 12.1 Å². The molecule has 2 heterocycles. The molecule has 3 fully saturated rings. The van der Waals surface area contributed by atoms with E-state index in [0.717, 1.165) is 45.2 Å². The summed E-state index contributed by atoms with van der Waals surface area (Å²) in [5.41, 5.74) is 0. The van der Waals surface area contributed by atoms with Crippen molar-refractivity contribution in [3.63, 3.8) is 0 Å². The van der Waals surface area contributed by atoms with Gasteiger partial charge in [-0.1, -0.05) is 6.08 Å². The van der Waals surface area contributed by atoms with Crippen LogP contribution in [0.1, 0.15) is 52.4 Å². The number of ether oxygens (including phenoxy) is 2. The van der Waals surface area contributed by atoms with Gasteiger partial charge in [-0.2, -0.15) is 0 Å². The Kier molecular flexibility index (Phi) is 5.25. The number of nitrogens with zero attached hydrogens (tertiary/aromatic N) is 2. The predicted molar refractivity (Wildman–Crippen MR) is 102 cm³/mol. The molecule has 2 aliphatic carbocycles. The predicted octanol–water partition coefficient (Wildman–Crippen LogP) is 2.69. The first-order valence-corrected chi connectivity index (χ1v) is 10.5. The lowest BCUT2D eigenvalue weighted by Crippen LogP contribution is -2.46. The van der Waals surface area contributed by atoms with Crippen LogP contribution < -0.4 is 0 Å². The number of carbonyl (C=O) groups is 1. The van der Waals surface area contributed by atoms with Crippen LogP contribution in [0.4, 0.5) is 0 Å². The first kappa shape index (κ1) is 19.2. The van der Waals surface area contributed by atoms with Gasteiger partial charge in [0, 0.05) is 31.5 Å². The number of fused-ring (bicyclic) bond motifs is 1. The second-order valence-corrected chi connectivity index (χ2v) is 9.40. The summed E-state index contributed by atoms with van der Waals surface area (Å²) in [4.78, 5) is 15.7. The van der Waals surface area contributed by atoms with E-state index in [1.54, 1.807) is 0 Å². The highest BCUT2D eigenvalue weighted by atomic mass is 16.8. The summed E-state index contributed by atoms with van der Waals surface area (Å²) in [6, 6.07) is 1.00. The van der Waals surface area contributed by atoms with Gasteiger partial charge in [0.2, 0.25) is 0 Å². The summed E-state index contributed by atoms with van der Waals surface area (Å²) in [5.74, 6) is -0.102. The summed E-state index contributed by atoms with van der Waals surface area (Å²) >= 11 is 0. The number of hydrogen-bond donors (Lipinski definition) is 1. The zero-order chi connectivity index (χ0) is 19.2. The van der Waals surface area contributed by atoms with E-state index in [-0.39, 0.29) is 12.2 Å². The molecule has 4 aliphatic rings. The minimum absolute atomic E-state index is 0.158. The number of carboxylic acids is 1. The molecule has 4 rings (SSSR count). The molecule has 0 unspecified atom stereocenters. The van der Waals surface area contributed by atoms with Gasteiger partial charge < -0.3 is 24.4 Å². The van der Waals surface area contributed by atoms with Crippen molar-refractivity contribution in [1.29, 1.82) is 0 Å². The van der Waals surface area contributed by atoms with Gasteiger partial charge in [0.25, 0.3) is 0 Å². The monoisotopic (exact) mass is 378 g/mol. The highest BCUT2D eigenvalue weighted by Crippen LogP contribution is 2.45. The minimum Gasteiger partial charge on any atom is -0.481 e. The maximum atomic E-state index is 10.7. The van der Waals surface area contributed by atoms with Gasteiger partial charge in [-0.05, 0) is 65.1 Å². The third-order valence-corrected chi connectivity index (χ3v) is 6.95. The van der Waals surface area contributed by atoms with Crippen LogP contribution in [0.3, 0.4) is 0 Å². The fraction of sp³-hybridized carbons (Fsp3) is 0.857. The Hall–Kier alpha value is -1.11. The zero-order valence-electron chi connectivity index (χ0n) is 16.8. The van der Waals surface area contributed by atoms with Gasteiger partial charge in [0.15, 0.2) is 5.79 Å². The summed E-state index contributed by atoms with van der Waals surface area (Å²) in [5, 5.41) is 8.85. The molecule has 6 nitrogen and oxygen atoms in total. The maximum Gasteiger partial charge on any atom is 0.303 e. The molecule has 2 saturated carbocycles. The van der Waals surface area contributed by atoms with E-state index < -0.39 is 11.8 Å². The Bertz CT molecular complexity index is 587. The van der Waals surface area contributed by atoms with E-state index in [1.807, 2.05) is 13.8 Å². The van der Waals surface area contributed by atoms with Gasteiger partial charge in [0.1, 0.15) is 6.10 Å². The summed E-state index contributed by atoms with van der Waals surface area (Å²) < 4.78 is 12.6. The molecule has 0 aromatic heterocycles. The average Bonchev–Trinajstić information content (AvgIpc) is 3.22. The lowest BCUT2D eigenvalue weighted by atomic mass is 9.76. The van der Waals surface area contributed by atoms with Crippen molar-refractivity contribution in [3.8, 4) is 0 Å². The highest BCUT2D eigenvalue weighted by Gasteiger charge is 2.55. The van der Waals surface area contributed by atoms with Crippen molar-refractivity contribution in [3.05, 3.63) is 12.3 Å². The van der Waals surface area contributed by atoms with Crippen molar-refractivity contribution in [2.24, 2.45) is 11.8 Å². The molecule has 0 spiro atoms. The van der Waals surface area contributed by atoms with Gasteiger partial charge in [-0.25, -0.2) is 0 Å². The maximum absolute atomic E-state index is 10.7. The van der Waals surface area contributed by atoms with Crippen LogP contribution in [0.2, 0.25) is 0 Å². The number of hydrogen-bond acceptors (Lipinski definition) is 5. The van der Waals surface area contributed by atoms with Crippen LogP contribution in [-0.4, -0.2) is 71.1 Å². The number of rotatable bonds is 7. The van der Waals surface area contributed by atoms with Crippen LogP contribution in [0.15, 0.2) is 12.3 Å². The van der Waals surface area contributed by atoms with E-state index in [9.17, 15) is 4.79 Å². The van der Waals surface area contributed by atoms with Gasteiger partial charge >= 0.3 is 5.97 Å². The molecule has 0 bridgehead atoms. The third kappa shape index (κ3) is 4.03. The van der Waals surface area contributed by atoms with E-state index in [1.165, 1.54) is 0 Å². The highest BCUT2D eigenvalue weighted by molar-refractivity contribution is 5.66. The average molecular weight is 379 g/mol. The molecule has 0 aromatic carbocycles. The Morgan fingerprint density at radius 3 is 2.67 bits per heavy atom. The lowest BCUT2D eigenvalue weighted by molar-refractivity contribution is -0.162. The van der Waals surface area contributed by atoms with Crippen molar-refractivity contribution >= 4 is 5.97 Å². The van der Waals surface area contributed by atoms with Crippen LogP contribution in [0.5, 0.6) is 0 Å². The molecule has 27 heavy (non-hydrogen) atoms. The third-order valence-electron chi connectivity index (χ3n) is 6.95. The molecule has 6 heteroatoms. The lowest BCUT2D eigenvalue weighted by Gasteiger charge is -2.42. The summed E-state index contributed by atoms with van der Waals surface area (Å²) in [6.07, 6.45) is 10.5. The normalized spacial score (nSPS) is 39.8. The van der Waals surface area contributed by atoms with Crippen LogP contribution in [0, 0.1) is 11.8 Å². The molecule has 0 radical (unpaired) electrons. The molecular formula is C21H34N2O4. The number of carboxylic acid groups (broad SMARTS) is 1. The van der Waals surface area contributed by atoms with Crippen LogP contribution >= 0.6 is 0 Å². The van der Waals surface area contributed by atoms with Crippen molar-refractivity contribution in [1.82, 2.24) is 9.80 Å². The van der Waals surface area contributed by atoms with Crippen molar-refractivity contribution in [2.45, 2.75) is 82.5 Å². The Morgan fingerprint density at radius 1 is 1.26 bits per heavy atom. The minimum atomic E-state index is -0.674. The largest absolute Gasteiger partial charge is 0.481 e. The van der Waals surface area contributed by atoms with E-state index in [4.69, 9.17) is 14.6 Å². The van der Waals surface area contributed by atoms with Crippen LogP contribution in [-0.2, 0) is 14.3 Å².